The highest BCUT2D eigenvalue weighted by molar-refractivity contribution is 7.13. The van der Waals surface area contributed by atoms with Crippen molar-refractivity contribution in [2.45, 2.75) is 25.8 Å². The highest BCUT2D eigenvalue weighted by atomic mass is 32.1. The summed E-state index contributed by atoms with van der Waals surface area (Å²) in [6, 6.07) is 13.0. The summed E-state index contributed by atoms with van der Waals surface area (Å²) in [6.45, 7) is 3.74. The van der Waals surface area contributed by atoms with Crippen molar-refractivity contribution in [1.82, 2.24) is 20.4 Å². The Hall–Kier alpha value is -3.13. The van der Waals surface area contributed by atoms with Crippen molar-refractivity contribution < 1.29 is 14.3 Å². The van der Waals surface area contributed by atoms with Crippen LogP contribution >= 0.6 is 11.3 Å². The molecule has 0 unspecified atom stereocenters. The molecule has 0 spiro atoms. The maximum Gasteiger partial charge on any atom is 0.272 e. The molecule has 1 aliphatic rings. The normalized spacial score (nSPS) is 14.5. The van der Waals surface area contributed by atoms with Gasteiger partial charge in [-0.25, -0.2) is 0 Å². The van der Waals surface area contributed by atoms with Gasteiger partial charge in [0.1, 0.15) is 5.75 Å². The molecule has 1 saturated heterocycles. The molecule has 30 heavy (non-hydrogen) atoms. The number of hydrogen-bond donors (Lipinski definition) is 2. The van der Waals surface area contributed by atoms with E-state index in [2.05, 4.69) is 15.5 Å². The molecule has 2 N–H and O–H groups in total. The van der Waals surface area contributed by atoms with Gasteiger partial charge in [-0.15, -0.1) is 11.3 Å². The number of ether oxygens (including phenoxy) is 1. The summed E-state index contributed by atoms with van der Waals surface area (Å²) in [5, 5.41) is 12.1. The van der Waals surface area contributed by atoms with Crippen molar-refractivity contribution in [3.63, 3.8) is 0 Å². The molecule has 1 fully saturated rings. The first-order valence-electron chi connectivity index (χ1n) is 10.1. The molecule has 8 heteroatoms. The van der Waals surface area contributed by atoms with Gasteiger partial charge in [-0.2, -0.15) is 5.10 Å². The van der Waals surface area contributed by atoms with Crippen LogP contribution in [0.3, 0.4) is 0 Å². The van der Waals surface area contributed by atoms with E-state index in [1.807, 2.05) is 41.5 Å². The fourth-order valence-corrected chi connectivity index (χ4v) is 4.22. The van der Waals surface area contributed by atoms with Crippen molar-refractivity contribution in [3.05, 3.63) is 59.1 Å². The van der Waals surface area contributed by atoms with Crippen molar-refractivity contribution in [1.29, 1.82) is 0 Å². The summed E-state index contributed by atoms with van der Waals surface area (Å²) in [5.41, 5.74) is 1.87. The minimum atomic E-state index is -0.189. The first kappa shape index (κ1) is 20.2. The van der Waals surface area contributed by atoms with Crippen LogP contribution in [0.5, 0.6) is 5.75 Å². The van der Waals surface area contributed by atoms with Crippen LogP contribution in [-0.4, -0.2) is 52.6 Å². The minimum absolute atomic E-state index is 0.00992. The molecule has 0 saturated carbocycles. The molecule has 0 atom stereocenters. The Morgan fingerprint density at radius 1 is 1.23 bits per heavy atom. The maximum absolute atomic E-state index is 12.7. The highest BCUT2D eigenvalue weighted by Gasteiger charge is 2.25. The molecule has 7 nitrogen and oxygen atoms in total. The second-order valence-corrected chi connectivity index (χ2v) is 8.09. The number of nitrogens with one attached hydrogen (secondary N) is 2. The third-order valence-corrected chi connectivity index (χ3v) is 6.03. The van der Waals surface area contributed by atoms with Gasteiger partial charge in [0.25, 0.3) is 11.8 Å². The zero-order valence-corrected chi connectivity index (χ0v) is 17.6. The van der Waals surface area contributed by atoms with Gasteiger partial charge >= 0.3 is 0 Å². The van der Waals surface area contributed by atoms with Gasteiger partial charge in [-0.3, -0.25) is 14.7 Å². The number of likely N-dealkylation sites (tertiary alicyclic amines) is 1. The van der Waals surface area contributed by atoms with Crippen molar-refractivity contribution in [3.8, 4) is 16.3 Å². The predicted octanol–water partition coefficient (Wildman–Crippen LogP) is 3.57. The summed E-state index contributed by atoms with van der Waals surface area (Å²) in [5.74, 6) is 0.581. The van der Waals surface area contributed by atoms with Crippen LogP contribution in [0.4, 0.5) is 0 Å². The largest absolute Gasteiger partial charge is 0.494 e. The molecule has 0 aliphatic carbocycles. The Balaban J connectivity index is 1.29. The van der Waals surface area contributed by atoms with Crippen molar-refractivity contribution in [2.75, 3.05) is 19.7 Å². The first-order chi connectivity index (χ1) is 14.6. The van der Waals surface area contributed by atoms with Crippen LogP contribution in [0.1, 0.15) is 40.6 Å². The fourth-order valence-electron chi connectivity index (χ4n) is 3.53. The Bertz CT molecular complexity index is 990. The van der Waals surface area contributed by atoms with Gasteiger partial charge in [0.05, 0.1) is 17.2 Å². The Morgan fingerprint density at radius 3 is 2.67 bits per heavy atom. The molecule has 2 amide bonds. The molecule has 1 aliphatic heterocycles. The third-order valence-electron chi connectivity index (χ3n) is 5.13. The molecule has 3 heterocycles. The summed E-state index contributed by atoms with van der Waals surface area (Å²) in [4.78, 5) is 28.1. The maximum atomic E-state index is 12.7. The van der Waals surface area contributed by atoms with Crippen LogP contribution in [0.15, 0.2) is 47.8 Å². The zero-order chi connectivity index (χ0) is 20.9. The molecule has 2 aromatic heterocycles. The topological polar surface area (TPSA) is 87.3 Å². The Kier molecular flexibility index (Phi) is 6.13. The van der Waals surface area contributed by atoms with E-state index in [4.69, 9.17) is 4.74 Å². The number of amides is 2. The quantitative estimate of drug-likeness (QED) is 0.633. The number of aromatic nitrogens is 2. The second kappa shape index (κ2) is 9.13. The number of aromatic amines is 1. The van der Waals surface area contributed by atoms with Gasteiger partial charge < -0.3 is 15.0 Å². The van der Waals surface area contributed by atoms with Gasteiger partial charge in [-0.1, -0.05) is 6.07 Å². The summed E-state index contributed by atoms with van der Waals surface area (Å²) < 4.78 is 5.42. The van der Waals surface area contributed by atoms with Crippen LogP contribution in [-0.2, 0) is 0 Å². The van der Waals surface area contributed by atoms with E-state index in [0.29, 0.717) is 31.0 Å². The zero-order valence-electron chi connectivity index (χ0n) is 16.8. The Morgan fingerprint density at radius 2 is 2.00 bits per heavy atom. The molecular weight excluding hydrogens is 400 g/mol. The standard InChI is InChI=1S/C22H24N4O3S/c1-2-29-17-7-5-15(6-8-17)22(28)26-11-9-16(10-12-26)23-21(27)19-14-18(24-25-19)20-4-3-13-30-20/h3-8,13-14,16H,2,9-12H2,1H3,(H,23,27)(H,24,25). The summed E-state index contributed by atoms with van der Waals surface area (Å²) in [7, 11) is 0. The van der Waals surface area contributed by atoms with Crippen molar-refractivity contribution >= 4 is 23.2 Å². The number of H-pyrrole nitrogens is 1. The van der Waals surface area contributed by atoms with Gasteiger partial charge in [-0.05, 0) is 61.5 Å². The minimum Gasteiger partial charge on any atom is -0.494 e. The highest BCUT2D eigenvalue weighted by Crippen LogP contribution is 2.23. The lowest BCUT2D eigenvalue weighted by Crippen LogP contribution is -2.46. The van der Waals surface area contributed by atoms with Crippen LogP contribution < -0.4 is 10.1 Å². The number of piperidine rings is 1. The van der Waals surface area contributed by atoms with E-state index in [9.17, 15) is 9.59 Å². The SMILES string of the molecule is CCOc1ccc(C(=O)N2CCC(NC(=O)c3cc(-c4cccs4)[nH]n3)CC2)cc1. The fraction of sp³-hybridized carbons (Fsp3) is 0.318. The molecule has 3 aromatic rings. The number of carbonyl (C=O) groups is 2. The lowest BCUT2D eigenvalue weighted by Gasteiger charge is -2.32. The lowest BCUT2D eigenvalue weighted by molar-refractivity contribution is 0.0697. The Labute approximate surface area is 179 Å². The predicted molar refractivity (Wildman–Crippen MR) is 116 cm³/mol. The van der Waals surface area contributed by atoms with Crippen molar-refractivity contribution in [2.24, 2.45) is 0 Å². The molecule has 0 radical (unpaired) electrons. The molecule has 1 aromatic carbocycles. The van der Waals surface area contributed by atoms with Gasteiger partial charge in [0.2, 0.25) is 0 Å². The van der Waals surface area contributed by atoms with E-state index in [-0.39, 0.29) is 17.9 Å². The van der Waals surface area contributed by atoms with Gasteiger partial charge in [0.15, 0.2) is 5.69 Å². The first-order valence-corrected chi connectivity index (χ1v) is 10.9. The average Bonchev–Trinajstić information content (AvgIpc) is 3.47. The number of rotatable bonds is 6. The van der Waals surface area contributed by atoms with E-state index >= 15 is 0 Å². The average molecular weight is 425 g/mol. The number of thiophene rings is 1. The van der Waals surface area contributed by atoms with Crippen LogP contribution in [0.2, 0.25) is 0 Å². The number of nitrogens with zero attached hydrogens (tertiary/aromatic N) is 2. The van der Waals surface area contributed by atoms with E-state index in [1.165, 1.54) is 0 Å². The third kappa shape index (κ3) is 4.54. The lowest BCUT2D eigenvalue weighted by atomic mass is 10.0. The molecular formula is C22H24N4O3S. The van der Waals surface area contributed by atoms with Crippen LogP contribution in [0, 0.1) is 0 Å². The second-order valence-electron chi connectivity index (χ2n) is 7.14. The number of benzene rings is 1. The smallest absolute Gasteiger partial charge is 0.272 e. The molecule has 4 rings (SSSR count). The molecule has 156 valence electrons. The van der Waals surface area contributed by atoms with Gasteiger partial charge in [0, 0.05) is 24.7 Å². The monoisotopic (exact) mass is 424 g/mol. The summed E-state index contributed by atoms with van der Waals surface area (Å²) >= 11 is 1.59. The van der Waals surface area contributed by atoms with E-state index in [1.54, 1.807) is 29.5 Å². The number of carbonyl (C=O) groups excluding carboxylic acids is 2. The van der Waals surface area contributed by atoms with E-state index < -0.39 is 0 Å². The number of hydrogen-bond acceptors (Lipinski definition) is 5. The summed E-state index contributed by atoms with van der Waals surface area (Å²) in [6.07, 6.45) is 1.44. The van der Waals surface area contributed by atoms with Crippen LogP contribution in [0.25, 0.3) is 10.6 Å². The molecule has 0 bridgehead atoms. The van der Waals surface area contributed by atoms with E-state index in [0.717, 1.165) is 29.2 Å².